The van der Waals surface area contributed by atoms with E-state index in [4.69, 9.17) is 0 Å². The summed E-state index contributed by atoms with van der Waals surface area (Å²) in [5.41, 5.74) is 0.823. The van der Waals surface area contributed by atoms with Gasteiger partial charge in [-0.1, -0.05) is 12.1 Å². The molecule has 0 fully saturated rings. The van der Waals surface area contributed by atoms with Crippen LogP contribution in [0.4, 0.5) is 0 Å². The Morgan fingerprint density at radius 3 is 2.18 bits per heavy atom. The van der Waals surface area contributed by atoms with E-state index in [1.54, 1.807) is 24.3 Å². The molecule has 5 heteroatoms. The van der Waals surface area contributed by atoms with E-state index >= 15 is 0 Å². The summed E-state index contributed by atoms with van der Waals surface area (Å²) in [7, 11) is 1.52. The zero-order valence-corrected chi connectivity index (χ0v) is 9.40. The van der Waals surface area contributed by atoms with Crippen LogP contribution >= 0.6 is 0 Å². The van der Waals surface area contributed by atoms with Gasteiger partial charge in [0.1, 0.15) is 0 Å². The first kappa shape index (κ1) is 11.3. The molecule has 1 aliphatic heterocycles. The van der Waals surface area contributed by atoms with Gasteiger partial charge in [0.05, 0.1) is 11.1 Å². The average Bonchev–Trinajstić information content (AvgIpc) is 2.60. The molecule has 1 aromatic rings. The molecule has 0 aromatic heterocycles. The van der Waals surface area contributed by atoms with E-state index in [0.717, 1.165) is 4.90 Å². The van der Waals surface area contributed by atoms with Crippen molar-refractivity contribution in [2.45, 2.75) is 6.42 Å². The lowest BCUT2D eigenvalue weighted by Crippen LogP contribution is -2.33. The van der Waals surface area contributed by atoms with Crippen LogP contribution in [-0.4, -0.2) is 36.2 Å². The first-order chi connectivity index (χ1) is 8.15. The molecule has 17 heavy (non-hydrogen) atoms. The normalized spacial score (nSPS) is 13.8. The molecule has 2 rings (SSSR count). The fraction of sp³-hybridized carbons (Fsp3) is 0.250. The zero-order chi connectivity index (χ0) is 12.4. The fourth-order valence-corrected chi connectivity index (χ4v) is 1.78. The Labute approximate surface area is 98.4 Å². The van der Waals surface area contributed by atoms with Crippen molar-refractivity contribution in [1.82, 2.24) is 10.2 Å². The van der Waals surface area contributed by atoms with Crippen molar-refractivity contribution in [2.24, 2.45) is 0 Å². The van der Waals surface area contributed by atoms with Crippen LogP contribution in [0.1, 0.15) is 27.1 Å². The topological polar surface area (TPSA) is 66.5 Å². The molecule has 1 heterocycles. The summed E-state index contributed by atoms with van der Waals surface area (Å²) in [4.78, 5) is 36.0. The largest absolute Gasteiger partial charge is 0.359 e. The lowest BCUT2D eigenvalue weighted by molar-refractivity contribution is -0.120. The maximum absolute atomic E-state index is 11.9. The summed E-state index contributed by atoms with van der Waals surface area (Å²) in [5.74, 6) is -0.842. The number of amides is 3. The number of benzene rings is 1. The number of nitrogens with zero attached hydrogens (tertiary/aromatic N) is 1. The van der Waals surface area contributed by atoms with Crippen LogP contribution in [0.5, 0.6) is 0 Å². The Morgan fingerprint density at radius 2 is 1.71 bits per heavy atom. The number of carbonyl (C=O) groups excluding carboxylic acids is 3. The van der Waals surface area contributed by atoms with Gasteiger partial charge in [-0.2, -0.15) is 0 Å². The molecule has 0 bridgehead atoms. The molecule has 0 saturated heterocycles. The van der Waals surface area contributed by atoms with Crippen LogP contribution in [0.15, 0.2) is 24.3 Å². The van der Waals surface area contributed by atoms with Crippen molar-refractivity contribution in [2.75, 3.05) is 13.6 Å². The first-order valence-electron chi connectivity index (χ1n) is 5.31. The predicted molar refractivity (Wildman–Crippen MR) is 60.5 cm³/mol. The van der Waals surface area contributed by atoms with Crippen molar-refractivity contribution in [3.63, 3.8) is 0 Å². The summed E-state index contributed by atoms with van der Waals surface area (Å²) in [5, 5.41) is 2.45. The molecule has 5 nitrogen and oxygen atoms in total. The van der Waals surface area contributed by atoms with E-state index < -0.39 is 0 Å². The Hall–Kier alpha value is -2.17. The molecule has 1 aliphatic rings. The average molecular weight is 232 g/mol. The maximum atomic E-state index is 11.9. The van der Waals surface area contributed by atoms with Gasteiger partial charge in [0.2, 0.25) is 5.91 Å². The fourth-order valence-electron chi connectivity index (χ4n) is 1.78. The Morgan fingerprint density at radius 1 is 1.18 bits per heavy atom. The Balaban J connectivity index is 2.16. The SMILES string of the molecule is CNC(=O)CCN1C(=O)c2ccccc2C1=O. The molecule has 0 unspecified atom stereocenters. The Kier molecular flexibility index (Phi) is 2.91. The molecule has 0 spiro atoms. The summed E-state index contributed by atoms with van der Waals surface area (Å²) in [6, 6.07) is 6.67. The minimum absolute atomic E-state index is 0.117. The summed E-state index contributed by atoms with van der Waals surface area (Å²) in [6.07, 6.45) is 0.127. The number of imide groups is 1. The molecule has 1 aromatic carbocycles. The molecule has 0 aliphatic carbocycles. The van der Waals surface area contributed by atoms with Crippen LogP contribution in [-0.2, 0) is 4.79 Å². The lowest BCUT2D eigenvalue weighted by Gasteiger charge is -2.12. The smallest absolute Gasteiger partial charge is 0.261 e. The van der Waals surface area contributed by atoms with Crippen molar-refractivity contribution < 1.29 is 14.4 Å². The highest BCUT2D eigenvalue weighted by Crippen LogP contribution is 2.22. The van der Waals surface area contributed by atoms with Crippen molar-refractivity contribution in [3.8, 4) is 0 Å². The second-order valence-corrected chi connectivity index (χ2v) is 3.73. The molecule has 1 N–H and O–H groups in total. The number of hydrogen-bond donors (Lipinski definition) is 1. The quantitative estimate of drug-likeness (QED) is 0.768. The highest BCUT2D eigenvalue weighted by atomic mass is 16.2. The number of carbonyl (C=O) groups is 3. The van der Waals surface area contributed by atoms with Gasteiger partial charge < -0.3 is 5.32 Å². The molecule has 0 atom stereocenters. The van der Waals surface area contributed by atoms with E-state index in [-0.39, 0.29) is 30.7 Å². The van der Waals surface area contributed by atoms with Crippen molar-refractivity contribution in [3.05, 3.63) is 35.4 Å². The van der Waals surface area contributed by atoms with Gasteiger partial charge in [-0.3, -0.25) is 19.3 Å². The van der Waals surface area contributed by atoms with E-state index in [1.165, 1.54) is 7.05 Å². The van der Waals surface area contributed by atoms with Crippen LogP contribution in [0.2, 0.25) is 0 Å². The first-order valence-corrected chi connectivity index (χ1v) is 5.31. The number of hydrogen-bond acceptors (Lipinski definition) is 3. The summed E-state index contributed by atoms with van der Waals surface area (Å²) in [6.45, 7) is 0.117. The third-order valence-corrected chi connectivity index (χ3v) is 2.72. The number of nitrogens with one attached hydrogen (secondary N) is 1. The van der Waals surface area contributed by atoms with Gasteiger partial charge in [0, 0.05) is 20.0 Å². The van der Waals surface area contributed by atoms with Gasteiger partial charge in [-0.25, -0.2) is 0 Å². The third kappa shape index (κ3) is 1.91. The maximum Gasteiger partial charge on any atom is 0.261 e. The highest BCUT2D eigenvalue weighted by Gasteiger charge is 2.34. The van der Waals surface area contributed by atoms with E-state index in [2.05, 4.69) is 5.32 Å². The number of rotatable bonds is 3. The molecule has 0 saturated carbocycles. The molecule has 88 valence electrons. The minimum Gasteiger partial charge on any atom is -0.359 e. The second-order valence-electron chi connectivity index (χ2n) is 3.73. The summed E-state index contributed by atoms with van der Waals surface area (Å²) >= 11 is 0. The van der Waals surface area contributed by atoms with Crippen LogP contribution in [0.25, 0.3) is 0 Å². The van der Waals surface area contributed by atoms with Gasteiger partial charge >= 0.3 is 0 Å². The van der Waals surface area contributed by atoms with Gasteiger partial charge in [-0.05, 0) is 12.1 Å². The van der Waals surface area contributed by atoms with Gasteiger partial charge in [0.25, 0.3) is 11.8 Å². The lowest BCUT2D eigenvalue weighted by atomic mass is 10.1. The monoisotopic (exact) mass is 232 g/mol. The number of fused-ring (bicyclic) bond motifs is 1. The van der Waals surface area contributed by atoms with Crippen molar-refractivity contribution in [1.29, 1.82) is 0 Å². The second kappa shape index (κ2) is 4.37. The third-order valence-electron chi connectivity index (χ3n) is 2.72. The Bertz CT molecular complexity index is 461. The molecular weight excluding hydrogens is 220 g/mol. The zero-order valence-electron chi connectivity index (χ0n) is 9.40. The van der Waals surface area contributed by atoms with Gasteiger partial charge in [-0.15, -0.1) is 0 Å². The molecule has 3 amide bonds. The van der Waals surface area contributed by atoms with Crippen LogP contribution in [0, 0.1) is 0 Å². The minimum atomic E-state index is -0.325. The van der Waals surface area contributed by atoms with E-state index in [0.29, 0.717) is 11.1 Å². The van der Waals surface area contributed by atoms with Crippen LogP contribution in [0.3, 0.4) is 0 Å². The molecule has 0 radical (unpaired) electrons. The molecular formula is C12H12N2O3. The van der Waals surface area contributed by atoms with Crippen molar-refractivity contribution >= 4 is 17.7 Å². The van der Waals surface area contributed by atoms with E-state index in [1.807, 2.05) is 0 Å². The standard InChI is InChI=1S/C12H12N2O3/c1-13-10(15)6-7-14-11(16)8-4-2-3-5-9(8)12(14)17/h2-5H,6-7H2,1H3,(H,13,15). The van der Waals surface area contributed by atoms with Gasteiger partial charge in [0.15, 0.2) is 0 Å². The predicted octanol–water partition coefficient (Wildman–Crippen LogP) is 0.419. The summed E-state index contributed by atoms with van der Waals surface area (Å²) < 4.78 is 0. The van der Waals surface area contributed by atoms with Crippen LogP contribution < -0.4 is 5.32 Å². The highest BCUT2D eigenvalue weighted by molar-refractivity contribution is 6.21. The van der Waals surface area contributed by atoms with E-state index in [9.17, 15) is 14.4 Å².